The number of carbonyl (C=O) groups is 1. The Morgan fingerprint density at radius 2 is 1.63 bits per heavy atom. The third-order valence-electron chi connectivity index (χ3n) is 5.13. The van der Waals surface area contributed by atoms with Gasteiger partial charge in [-0.25, -0.2) is 4.68 Å². The SMILES string of the molecule is O=C(O)CCc1cn(Cc2ccc3ccc4cccc5ccc2c3c45)nn1. The summed E-state index contributed by atoms with van der Waals surface area (Å²) >= 11 is 0. The second kappa shape index (κ2) is 6.06. The van der Waals surface area contributed by atoms with E-state index < -0.39 is 5.97 Å². The second-order valence-electron chi connectivity index (χ2n) is 6.88. The maximum atomic E-state index is 10.7. The summed E-state index contributed by atoms with van der Waals surface area (Å²) < 4.78 is 1.78. The molecule has 5 rings (SSSR count). The molecule has 0 fully saturated rings. The first kappa shape index (κ1) is 15.8. The molecule has 5 heteroatoms. The van der Waals surface area contributed by atoms with E-state index in [2.05, 4.69) is 64.9 Å². The number of carboxylic acids is 1. The van der Waals surface area contributed by atoms with Gasteiger partial charge in [-0.3, -0.25) is 4.79 Å². The predicted octanol–water partition coefficient (Wildman–Crippen LogP) is 4.24. The fourth-order valence-electron chi connectivity index (χ4n) is 3.87. The van der Waals surface area contributed by atoms with Crippen molar-refractivity contribution in [3.8, 4) is 0 Å². The lowest BCUT2D eigenvalue weighted by atomic mass is 9.92. The van der Waals surface area contributed by atoms with Crippen molar-refractivity contribution in [3.63, 3.8) is 0 Å². The quantitative estimate of drug-likeness (QED) is 0.479. The highest BCUT2D eigenvalue weighted by Gasteiger charge is 2.12. The molecule has 0 spiro atoms. The molecule has 0 bridgehead atoms. The van der Waals surface area contributed by atoms with Gasteiger partial charge in [-0.15, -0.1) is 5.10 Å². The Balaban J connectivity index is 1.58. The van der Waals surface area contributed by atoms with Crippen molar-refractivity contribution in [2.45, 2.75) is 19.4 Å². The summed E-state index contributed by atoms with van der Waals surface area (Å²) in [7, 11) is 0. The standard InChI is InChI=1S/C22H17N3O2/c26-20(27)11-9-18-13-25(24-23-18)12-17-7-6-16-5-4-14-2-1-3-15-8-10-19(17)22(16)21(14)15/h1-8,10,13H,9,11-12H2,(H,26,27). The van der Waals surface area contributed by atoms with E-state index in [1.807, 2.05) is 6.20 Å². The van der Waals surface area contributed by atoms with Gasteiger partial charge in [-0.1, -0.05) is 59.8 Å². The molecule has 0 aliphatic carbocycles. The summed E-state index contributed by atoms with van der Waals surface area (Å²) in [6.07, 6.45) is 2.30. The first-order chi connectivity index (χ1) is 13.2. The summed E-state index contributed by atoms with van der Waals surface area (Å²) in [4.78, 5) is 10.7. The molecule has 132 valence electrons. The van der Waals surface area contributed by atoms with Crippen LogP contribution in [0.15, 0.2) is 60.8 Å². The highest BCUT2D eigenvalue weighted by molar-refractivity contribution is 6.23. The van der Waals surface area contributed by atoms with E-state index in [9.17, 15) is 4.79 Å². The molecule has 0 radical (unpaired) electrons. The first-order valence-electron chi connectivity index (χ1n) is 8.95. The fourth-order valence-corrected chi connectivity index (χ4v) is 3.87. The van der Waals surface area contributed by atoms with Gasteiger partial charge in [0.15, 0.2) is 0 Å². The maximum absolute atomic E-state index is 10.7. The van der Waals surface area contributed by atoms with E-state index in [0.717, 1.165) is 0 Å². The molecule has 1 aromatic heterocycles. The highest BCUT2D eigenvalue weighted by Crippen LogP contribution is 2.36. The molecule has 0 saturated carbocycles. The summed E-state index contributed by atoms with van der Waals surface area (Å²) in [6, 6.07) is 19.4. The summed E-state index contributed by atoms with van der Waals surface area (Å²) in [5, 5.41) is 24.6. The van der Waals surface area contributed by atoms with Gasteiger partial charge in [0.1, 0.15) is 0 Å². The third-order valence-corrected chi connectivity index (χ3v) is 5.13. The zero-order valence-electron chi connectivity index (χ0n) is 14.6. The Bertz CT molecular complexity index is 1270. The van der Waals surface area contributed by atoms with Gasteiger partial charge in [0.25, 0.3) is 0 Å². The molecule has 0 saturated heterocycles. The lowest BCUT2D eigenvalue weighted by molar-refractivity contribution is -0.136. The van der Waals surface area contributed by atoms with Crippen molar-refractivity contribution in [1.82, 2.24) is 15.0 Å². The Kier molecular flexibility index (Phi) is 3.53. The minimum atomic E-state index is -0.823. The maximum Gasteiger partial charge on any atom is 0.303 e. The minimum absolute atomic E-state index is 0.0669. The average Bonchev–Trinajstić information content (AvgIpc) is 3.13. The predicted molar refractivity (Wildman–Crippen MR) is 105 cm³/mol. The van der Waals surface area contributed by atoms with Crippen LogP contribution in [0.5, 0.6) is 0 Å². The largest absolute Gasteiger partial charge is 0.481 e. The molecule has 0 amide bonds. The van der Waals surface area contributed by atoms with Crippen LogP contribution in [0.3, 0.4) is 0 Å². The van der Waals surface area contributed by atoms with Gasteiger partial charge < -0.3 is 5.11 Å². The summed E-state index contributed by atoms with van der Waals surface area (Å²) in [5.74, 6) is -0.823. The Morgan fingerprint density at radius 1 is 0.926 bits per heavy atom. The fraction of sp³-hybridized carbons (Fsp3) is 0.136. The molecule has 5 nitrogen and oxygen atoms in total. The van der Waals surface area contributed by atoms with Gasteiger partial charge in [-0.05, 0) is 37.9 Å². The van der Waals surface area contributed by atoms with Crippen LogP contribution in [-0.4, -0.2) is 26.1 Å². The smallest absolute Gasteiger partial charge is 0.303 e. The average molecular weight is 355 g/mol. The minimum Gasteiger partial charge on any atom is -0.481 e. The number of aliphatic carboxylic acids is 1. The molecule has 27 heavy (non-hydrogen) atoms. The van der Waals surface area contributed by atoms with Gasteiger partial charge in [0.05, 0.1) is 18.7 Å². The summed E-state index contributed by atoms with van der Waals surface area (Å²) in [6.45, 7) is 0.605. The van der Waals surface area contributed by atoms with E-state index in [0.29, 0.717) is 18.7 Å². The van der Waals surface area contributed by atoms with E-state index in [4.69, 9.17) is 5.11 Å². The number of carboxylic acid groups (broad SMARTS) is 1. The van der Waals surface area contributed by atoms with Crippen molar-refractivity contribution < 1.29 is 9.90 Å². The zero-order chi connectivity index (χ0) is 18.4. The molecular formula is C22H17N3O2. The van der Waals surface area contributed by atoms with Crippen LogP contribution in [0.1, 0.15) is 17.7 Å². The highest BCUT2D eigenvalue weighted by atomic mass is 16.4. The number of benzene rings is 4. The van der Waals surface area contributed by atoms with Crippen molar-refractivity contribution in [3.05, 3.63) is 72.1 Å². The monoisotopic (exact) mass is 355 g/mol. The topological polar surface area (TPSA) is 68.0 Å². The normalized spacial score (nSPS) is 11.7. The van der Waals surface area contributed by atoms with Gasteiger partial charge in [0.2, 0.25) is 0 Å². The number of nitrogens with zero attached hydrogens (tertiary/aromatic N) is 3. The molecule has 0 aliphatic heterocycles. The second-order valence-corrected chi connectivity index (χ2v) is 6.88. The number of hydrogen-bond donors (Lipinski definition) is 1. The molecule has 0 unspecified atom stereocenters. The van der Waals surface area contributed by atoms with Crippen molar-refractivity contribution in [2.24, 2.45) is 0 Å². The lowest BCUT2D eigenvalue weighted by Crippen LogP contribution is -2.01. The molecular weight excluding hydrogens is 338 g/mol. The molecule has 1 heterocycles. The molecule has 1 N–H and O–H groups in total. The molecule has 4 aromatic carbocycles. The Hall–Kier alpha value is -3.47. The van der Waals surface area contributed by atoms with Gasteiger partial charge in [-0.2, -0.15) is 0 Å². The summed E-state index contributed by atoms with van der Waals surface area (Å²) in [5.41, 5.74) is 1.88. The van der Waals surface area contributed by atoms with Crippen molar-refractivity contribution >= 4 is 38.3 Å². The van der Waals surface area contributed by atoms with E-state index >= 15 is 0 Å². The lowest BCUT2D eigenvalue weighted by Gasteiger charge is -2.13. The first-order valence-corrected chi connectivity index (χ1v) is 8.95. The Morgan fingerprint density at radius 3 is 2.41 bits per heavy atom. The van der Waals surface area contributed by atoms with Crippen molar-refractivity contribution in [1.29, 1.82) is 0 Å². The van der Waals surface area contributed by atoms with Crippen LogP contribution in [0.2, 0.25) is 0 Å². The number of aromatic nitrogens is 3. The van der Waals surface area contributed by atoms with Crippen LogP contribution < -0.4 is 0 Å². The number of hydrogen-bond acceptors (Lipinski definition) is 3. The molecule has 5 aromatic rings. The van der Waals surface area contributed by atoms with Gasteiger partial charge in [0, 0.05) is 12.6 Å². The van der Waals surface area contributed by atoms with Crippen LogP contribution in [0, 0.1) is 0 Å². The number of aryl methyl sites for hydroxylation is 1. The van der Waals surface area contributed by atoms with Crippen LogP contribution in [-0.2, 0) is 17.8 Å². The van der Waals surface area contributed by atoms with Crippen LogP contribution in [0.4, 0.5) is 0 Å². The number of rotatable bonds is 5. The van der Waals surface area contributed by atoms with E-state index in [1.165, 1.54) is 37.9 Å². The third kappa shape index (κ3) is 2.68. The van der Waals surface area contributed by atoms with Crippen molar-refractivity contribution in [2.75, 3.05) is 0 Å². The Labute approximate surface area is 155 Å². The molecule has 0 atom stereocenters. The van der Waals surface area contributed by atoms with Crippen LogP contribution in [0.25, 0.3) is 32.3 Å². The van der Waals surface area contributed by atoms with Crippen LogP contribution >= 0.6 is 0 Å². The zero-order valence-corrected chi connectivity index (χ0v) is 14.6. The van der Waals surface area contributed by atoms with Gasteiger partial charge >= 0.3 is 5.97 Å². The molecule has 0 aliphatic rings. The van der Waals surface area contributed by atoms with E-state index in [1.54, 1.807) is 4.68 Å². The van der Waals surface area contributed by atoms with E-state index in [-0.39, 0.29) is 6.42 Å².